The molecule has 0 radical (unpaired) electrons. The number of amides is 1. The van der Waals surface area contributed by atoms with E-state index in [1.54, 1.807) is 17.9 Å². The number of unbranched alkanes of at least 4 members (excludes halogenated alkanes) is 2. The lowest BCUT2D eigenvalue weighted by atomic mass is 10.2. The van der Waals surface area contributed by atoms with Crippen molar-refractivity contribution in [3.05, 3.63) is 65.7 Å². The van der Waals surface area contributed by atoms with Crippen LogP contribution >= 0.6 is 11.6 Å². The third-order valence-corrected chi connectivity index (χ3v) is 5.47. The van der Waals surface area contributed by atoms with Gasteiger partial charge in [-0.15, -0.1) is 0 Å². The Morgan fingerprint density at radius 3 is 2.84 bits per heavy atom. The highest BCUT2D eigenvalue weighted by Gasteiger charge is 2.09. The van der Waals surface area contributed by atoms with Gasteiger partial charge in [-0.3, -0.25) is 14.7 Å². The normalized spacial score (nSPS) is 11.1. The summed E-state index contributed by atoms with van der Waals surface area (Å²) in [4.78, 5) is 20.1. The number of carbonyl (C=O) groups excluding carboxylic acids is 1. The lowest BCUT2D eigenvalue weighted by Crippen LogP contribution is -2.17. The second kappa shape index (κ2) is 10.3. The lowest BCUT2D eigenvalue weighted by Gasteiger charge is -2.08. The van der Waals surface area contributed by atoms with Gasteiger partial charge in [0.25, 0.3) is 0 Å². The number of fused-ring (bicyclic) bond motifs is 1. The van der Waals surface area contributed by atoms with Gasteiger partial charge in [0.1, 0.15) is 5.65 Å². The molecule has 0 bridgehead atoms. The minimum Gasteiger partial charge on any atom is -0.328 e. The quantitative estimate of drug-likeness (QED) is 0.189. The Kier molecular flexibility index (Phi) is 6.98. The van der Waals surface area contributed by atoms with Gasteiger partial charge in [-0.25, -0.2) is 10.5 Å². The van der Waals surface area contributed by atoms with Crippen molar-refractivity contribution < 1.29 is 10.0 Å². The highest BCUT2D eigenvalue weighted by molar-refractivity contribution is 6.31. The van der Waals surface area contributed by atoms with Crippen LogP contribution in [0.5, 0.6) is 0 Å². The molecule has 3 heterocycles. The van der Waals surface area contributed by atoms with Gasteiger partial charge in [0.05, 0.1) is 18.4 Å². The van der Waals surface area contributed by atoms with Gasteiger partial charge in [0, 0.05) is 42.0 Å². The van der Waals surface area contributed by atoms with Crippen molar-refractivity contribution >= 4 is 40.2 Å². The summed E-state index contributed by atoms with van der Waals surface area (Å²) in [6, 6.07) is 9.76. The SMILES string of the molecule is O=C(CCCCCn1cc(Nc2ncc3ccn(Cc4ccccc4Cl)c3n2)cn1)NO. The Bertz CT molecular complexity index is 1200. The Balaban J connectivity index is 1.37. The zero-order valence-electron chi connectivity index (χ0n) is 17.4. The number of halogens is 1. The third kappa shape index (κ3) is 5.43. The van der Waals surface area contributed by atoms with Gasteiger partial charge in [-0.05, 0) is 30.5 Å². The molecule has 3 N–H and O–H groups in total. The summed E-state index contributed by atoms with van der Waals surface area (Å²) < 4.78 is 3.89. The summed E-state index contributed by atoms with van der Waals surface area (Å²) in [6.07, 6.45) is 10.2. The first-order chi connectivity index (χ1) is 15.6. The van der Waals surface area contributed by atoms with Crippen molar-refractivity contribution in [2.24, 2.45) is 0 Å². The van der Waals surface area contributed by atoms with Crippen LogP contribution in [0.3, 0.4) is 0 Å². The van der Waals surface area contributed by atoms with Crippen molar-refractivity contribution in [2.75, 3.05) is 5.32 Å². The van der Waals surface area contributed by atoms with Crippen molar-refractivity contribution in [3.8, 4) is 0 Å². The number of benzene rings is 1. The molecule has 3 aromatic heterocycles. The number of nitrogens with one attached hydrogen (secondary N) is 2. The summed E-state index contributed by atoms with van der Waals surface area (Å²) in [5, 5.41) is 17.7. The van der Waals surface area contributed by atoms with Crippen LogP contribution < -0.4 is 10.8 Å². The van der Waals surface area contributed by atoms with E-state index in [0.29, 0.717) is 18.9 Å². The summed E-state index contributed by atoms with van der Waals surface area (Å²) in [5.74, 6) is 0.136. The molecular formula is C22H24ClN7O2. The molecule has 0 spiro atoms. The molecule has 0 saturated carbocycles. The van der Waals surface area contributed by atoms with Crippen molar-refractivity contribution in [2.45, 2.75) is 38.8 Å². The van der Waals surface area contributed by atoms with Crippen LogP contribution in [0.4, 0.5) is 11.6 Å². The van der Waals surface area contributed by atoms with Gasteiger partial charge in [0.2, 0.25) is 11.9 Å². The Morgan fingerprint density at radius 1 is 1.12 bits per heavy atom. The standard InChI is InChI=1S/C22H24ClN7O2/c23-19-7-4-3-6-17(19)14-29-11-9-16-12-24-22(27-21(16)29)26-18-13-25-30(15-18)10-5-1-2-8-20(31)28-32/h3-4,6-7,9,11-13,15,32H,1-2,5,8,10,14H2,(H,28,31)(H,24,26,27). The number of rotatable bonds is 10. The molecule has 4 rings (SSSR count). The minimum atomic E-state index is -0.356. The van der Waals surface area contributed by atoms with E-state index in [9.17, 15) is 4.79 Å². The van der Waals surface area contributed by atoms with Gasteiger partial charge < -0.3 is 9.88 Å². The second-order valence-electron chi connectivity index (χ2n) is 7.47. The van der Waals surface area contributed by atoms with E-state index < -0.39 is 0 Å². The van der Waals surface area contributed by atoms with Crippen molar-refractivity contribution in [1.82, 2.24) is 29.8 Å². The molecule has 10 heteroatoms. The number of anilines is 2. The van der Waals surface area contributed by atoms with Crippen molar-refractivity contribution in [1.29, 1.82) is 0 Å². The minimum absolute atomic E-state index is 0.320. The molecule has 0 saturated heterocycles. The van der Waals surface area contributed by atoms with Crippen LogP contribution in [0, 0.1) is 0 Å². The smallest absolute Gasteiger partial charge is 0.243 e. The van der Waals surface area contributed by atoms with Gasteiger partial charge in [-0.2, -0.15) is 10.1 Å². The maximum Gasteiger partial charge on any atom is 0.243 e. The van der Waals surface area contributed by atoms with Gasteiger partial charge in [0.15, 0.2) is 0 Å². The van der Waals surface area contributed by atoms with Crippen LogP contribution in [0.1, 0.15) is 31.2 Å². The first kappa shape index (κ1) is 21.8. The molecule has 9 nitrogen and oxygen atoms in total. The maximum absolute atomic E-state index is 11.0. The van der Waals surface area contributed by atoms with Crippen LogP contribution in [0.15, 0.2) is 55.1 Å². The number of aryl methyl sites for hydroxylation is 1. The van der Waals surface area contributed by atoms with E-state index in [1.807, 2.05) is 52.0 Å². The van der Waals surface area contributed by atoms with E-state index >= 15 is 0 Å². The molecule has 0 aliphatic rings. The Labute approximate surface area is 190 Å². The average molecular weight is 454 g/mol. The number of hydrogen-bond acceptors (Lipinski definition) is 6. The van der Waals surface area contributed by atoms with Crippen LogP contribution in [-0.4, -0.2) is 35.4 Å². The summed E-state index contributed by atoms with van der Waals surface area (Å²) >= 11 is 6.31. The number of nitrogens with zero attached hydrogens (tertiary/aromatic N) is 5. The first-order valence-corrected chi connectivity index (χ1v) is 10.8. The molecule has 0 unspecified atom stereocenters. The Morgan fingerprint density at radius 2 is 2.00 bits per heavy atom. The fraction of sp³-hybridized carbons (Fsp3) is 0.273. The first-order valence-electron chi connectivity index (χ1n) is 10.4. The lowest BCUT2D eigenvalue weighted by molar-refractivity contribution is -0.129. The number of hydrogen-bond donors (Lipinski definition) is 3. The summed E-state index contributed by atoms with van der Waals surface area (Å²) in [6.45, 7) is 1.36. The molecule has 32 heavy (non-hydrogen) atoms. The molecule has 0 atom stereocenters. The van der Waals surface area contributed by atoms with E-state index in [1.165, 1.54) is 0 Å². The average Bonchev–Trinajstić information content (AvgIpc) is 3.41. The van der Waals surface area contributed by atoms with E-state index in [2.05, 4.69) is 20.4 Å². The zero-order chi connectivity index (χ0) is 22.3. The predicted octanol–water partition coefficient (Wildman–Crippen LogP) is 4.14. The number of hydroxylamine groups is 1. The molecular weight excluding hydrogens is 430 g/mol. The predicted molar refractivity (Wildman–Crippen MR) is 122 cm³/mol. The van der Waals surface area contributed by atoms with E-state index in [4.69, 9.17) is 16.8 Å². The molecule has 166 valence electrons. The van der Waals surface area contributed by atoms with Crippen molar-refractivity contribution in [3.63, 3.8) is 0 Å². The fourth-order valence-electron chi connectivity index (χ4n) is 3.44. The van der Waals surface area contributed by atoms with E-state index in [0.717, 1.165) is 53.1 Å². The number of carbonyl (C=O) groups is 1. The Hall–Kier alpha value is -3.43. The van der Waals surface area contributed by atoms with Crippen LogP contribution in [-0.2, 0) is 17.9 Å². The molecule has 0 aliphatic carbocycles. The summed E-state index contributed by atoms with van der Waals surface area (Å²) in [5.41, 5.74) is 4.29. The topological polar surface area (TPSA) is 110 Å². The monoisotopic (exact) mass is 453 g/mol. The largest absolute Gasteiger partial charge is 0.328 e. The van der Waals surface area contributed by atoms with Crippen LogP contribution in [0.2, 0.25) is 5.02 Å². The van der Waals surface area contributed by atoms with E-state index in [-0.39, 0.29) is 5.91 Å². The second-order valence-corrected chi connectivity index (χ2v) is 7.88. The molecule has 0 fully saturated rings. The number of aromatic nitrogens is 5. The molecule has 1 amide bonds. The fourth-order valence-corrected chi connectivity index (χ4v) is 3.64. The highest BCUT2D eigenvalue weighted by Crippen LogP contribution is 2.21. The summed E-state index contributed by atoms with van der Waals surface area (Å²) in [7, 11) is 0. The maximum atomic E-state index is 11.0. The van der Waals surface area contributed by atoms with Crippen LogP contribution in [0.25, 0.3) is 11.0 Å². The third-order valence-electron chi connectivity index (χ3n) is 5.11. The van der Waals surface area contributed by atoms with Gasteiger partial charge >= 0.3 is 0 Å². The molecule has 4 aromatic rings. The zero-order valence-corrected chi connectivity index (χ0v) is 18.2. The van der Waals surface area contributed by atoms with Gasteiger partial charge in [-0.1, -0.05) is 36.2 Å². The highest BCUT2D eigenvalue weighted by atomic mass is 35.5. The molecule has 0 aliphatic heterocycles. The molecule has 1 aromatic carbocycles.